The van der Waals surface area contributed by atoms with Gasteiger partial charge in [-0.25, -0.2) is 0 Å². The summed E-state index contributed by atoms with van der Waals surface area (Å²) in [7, 11) is 1.94. The molecule has 0 aliphatic rings. The van der Waals surface area contributed by atoms with Gasteiger partial charge in [0.05, 0.1) is 17.3 Å². The number of fused-ring (bicyclic) bond motifs is 1. The molecule has 108 valence electrons. The van der Waals surface area contributed by atoms with Crippen LogP contribution in [0.15, 0.2) is 53.0 Å². The Bertz CT molecular complexity index is 749. The molecule has 0 saturated carbocycles. The molecule has 0 spiro atoms. The van der Waals surface area contributed by atoms with E-state index in [1.807, 2.05) is 54.2 Å². The molecule has 0 saturated heterocycles. The highest BCUT2D eigenvalue weighted by Gasteiger charge is 2.13. The van der Waals surface area contributed by atoms with Gasteiger partial charge in [-0.05, 0) is 30.2 Å². The summed E-state index contributed by atoms with van der Waals surface area (Å²) >= 11 is 3.42. The molecule has 3 rings (SSSR count). The normalized spacial score (nSPS) is 12.7. The largest absolute Gasteiger partial charge is 0.392 e. The third kappa shape index (κ3) is 3.17. The highest BCUT2D eigenvalue weighted by molar-refractivity contribution is 9.10. The van der Waals surface area contributed by atoms with Gasteiger partial charge in [-0.1, -0.05) is 46.3 Å². The van der Waals surface area contributed by atoms with Crippen LogP contribution in [0.25, 0.3) is 10.9 Å². The Morgan fingerprint density at radius 2 is 1.81 bits per heavy atom. The van der Waals surface area contributed by atoms with E-state index in [1.165, 1.54) is 0 Å². The second-order valence-corrected chi connectivity index (χ2v) is 6.19. The molecule has 1 unspecified atom stereocenters. The van der Waals surface area contributed by atoms with Crippen molar-refractivity contribution in [1.29, 1.82) is 0 Å². The number of aliphatic hydroxyl groups excluding tert-OH is 1. The summed E-state index contributed by atoms with van der Waals surface area (Å²) in [6.07, 6.45) is 0.778. The second kappa shape index (κ2) is 6.00. The first-order valence-electron chi connectivity index (χ1n) is 6.96. The van der Waals surface area contributed by atoms with Crippen LogP contribution in [0.2, 0.25) is 0 Å². The molecule has 2 aromatic carbocycles. The van der Waals surface area contributed by atoms with Crippen LogP contribution in [0, 0.1) is 0 Å². The van der Waals surface area contributed by atoms with Gasteiger partial charge >= 0.3 is 0 Å². The number of rotatable bonds is 4. The van der Waals surface area contributed by atoms with Gasteiger partial charge in [0, 0.05) is 23.3 Å². The van der Waals surface area contributed by atoms with E-state index in [1.54, 1.807) is 0 Å². The summed E-state index contributed by atoms with van der Waals surface area (Å²) in [6.45, 7) is 0. The van der Waals surface area contributed by atoms with Crippen molar-refractivity contribution in [2.24, 2.45) is 7.05 Å². The first-order valence-corrected chi connectivity index (χ1v) is 7.76. The molecule has 21 heavy (non-hydrogen) atoms. The fourth-order valence-electron chi connectivity index (χ4n) is 2.63. The number of aromatic nitrogens is 2. The molecule has 0 amide bonds. The van der Waals surface area contributed by atoms with Crippen molar-refractivity contribution in [3.8, 4) is 0 Å². The van der Waals surface area contributed by atoms with Crippen LogP contribution in [0.1, 0.15) is 11.3 Å². The topological polar surface area (TPSA) is 38.0 Å². The van der Waals surface area contributed by atoms with E-state index < -0.39 is 6.10 Å². The van der Waals surface area contributed by atoms with Gasteiger partial charge in [-0.15, -0.1) is 0 Å². The van der Waals surface area contributed by atoms with Gasteiger partial charge in [-0.2, -0.15) is 5.10 Å². The first kappa shape index (κ1) is 14.3. The summed E-state index contributed by atoms with van der Waals surface area (Å²) < 4.78 is 2.92. The minimum absolute atomic E-state index is 0.426. The number of para-hydroxylation sites is 1. The molecule has 1 aromatic heterocycles. The van der Waals surface area contributed by atoms with Crippen LogP contribution in [0.4, 0.5) is 0 Å². The summed E-state index contributed by atoms with van der Waals surface area (Å²) in [5.74, 6) is 0. The van der Waals surface area contributed by atoms with Crippen molar-refractivity contribution in [3.63, 3.8) is 0 Å². The van der Waals surface area contributed by atoms with E-state index >= 15 is 0 Å². The van der Waals surface area contributed by atoms with Gasteiger partial charge in [0.25, 0.3) is 0 Å². The van der Waals surface area contributed by atoms with Crippen molar-refractivity contribution in [2.45, 2.75) is 18.9 Å². The summed E-state index contributed by atoms with van der Waals surface area (Å²) in [4.78, 5) is 0. The molecule has 3 nitrogen and oxygen atoms in total. The quantitative estimate of drug-likeness (QED) is 0.786. The Balaban J connectivity index is 1.77. The summed E-state index contributed by atoms with van der Waals surface area (Å²) in [5, 5.41) is 16.0. The van der Waals surface area contributed by atoms with Crippen molar-refractivity contribution in [3.05, 3.63) is 64.3 Å². The average Bonchev–Trinajstić information content (AvgIpc) is 2.78. The van der Waals surface area contributed by atoms with Crippen LogP contribution in [-0.2, 0) is 19.9 Å². The number of aryl methyl sites for hydroxylation is 1. The number of halogens is 1. The van der Waals surface area contributed by atoms with Gasteiger partial charge in [-0.3, -0.25) is 4.68 Å². The molecular weight excluding hydrogens is 328 g/mol. The molecule has 0 bridgehead atoms. The predicted octanol–water partition coefficient (Wildman–Crippen LogP) is 3.48. The number of benzene rings is 2. The Labute approximate surface area is 132 Å². The third-order valence-corrected chi connectivity index (χ3v) is 4.18. The smallest absolute Gasteiger partial charge is 0.0729 e. The Hall–Kier alpha value is -1.65. The van der Waals surface area contributed by atoms with Gasteiger partial charge < -0.3 is 5.11 Å². The van der Waals surface area contributed by atoms with Gasteiger partial charge in [0.2, 0.25) is 0 Å². The maximum atomic E-state index is 10.3. The zero-order valence-corrected chi connectivity index (χ0v) is 13.4. The lowest BCUT2D eigenvalue weighted by molar-refractivity contribution is 0.174. The van der Waals surface area contributed by atoms with E-state index in [2.05, 4.69) is 27.1 Å². The van der Waals surface area contributed by atoms with E-state index in [4.69, 9.17) is 0 Å². The number of aliphatic hydroxyl groups is 1. The molecule has 1 heterocycles. The van der Waals surface area contributed by atoms with Crippen molar-refractivity contribution in [1.82, 2.24) is 9.78 Å². The lowest BCUT2D eigenvalue weighted by atomic mass is 10.0. The fraction of sp³-hybridized carbons (Fsp3) is 0.235. The van der Waals surface area contributed by atoms with Crippen LogP contribution in [0.5, 0.6) is 0 Å². The average molecular weight is 345 g/mol. The maximum absolute atomic E-state index is 10.3. The lowest BCUT2D eigenvalue weighted by Crippen LogP contribution is -2.14. The Morgan fingerprint density at radius 3 is 2.57 bits per heavy atom. The lowest BCUT2D eigenvalue weighted by Gasteiger charge is -2.09. The molecule has 0 fully saturated rings. The highest BCUT2D eigenvalue weighted by Crippen LogP contribution is 2.20. The zero-order chi connectivity index (χ0) is 14.8. The molecule has 1 atom stereocenters. The van der Waals surface area contributed by atoms with Crippen LogP contribution in [-0.4, -0.2) is 21.0 Å². The molecular formula is C17H17BrN2O. The molecule has 0 radical (unpaired) electrons. The van der Waals surface area contributed by atoms with Crippen molar-refractivity contribution < 1.29 is 5.11 Å². The predicted molar refractivity (Wildman–Crippen MR) is 88.3 cm³/mol. The first-order chi connectivity index (χ1) is 10.1. The van der Waals surface area contributed by atoms with Crippen molar-refractivity contribution >= 4 is 26.8 Å². The van der Waals surface area contributed by atoms with Gasteiger partial charge in [0.15, 0.2) is 0 Å². The molecule has 3 aromatic rings. The molecule has 4 heteroatoms. The zero-order valence-electron chi connectivity index (χ0n) is 11.8. The van der Waals surface area contributed by atoms with Crippen molar-refractivity contribution in [2.75, 3.05) is 0 Å². The maximum Gasteiger partial charge on any atom is 0.0729 e. The Morgan fingerprint density at radius 1 is 1.10 bits per heavy atom. The van der Waals surface area contributed by atoms with Crippen LogP contribution in [0.3, 0.4) is 0 Å². The number of hydrogen-bond acceptors (Lipinski definition) is 2. The molecule has 0 aliphatic heterocycles. The fourth-order valence-corrected chi connectivity index (χ4v) is 2.89. The standard InChI is InChI=1S/C17H17BrN2O/c1-20-17-5-3-2-4-15(17)16(19-20)11-14(21)10-12-6-8-13(18)9-7-12/h2-9,14,21H,10-11H2,1H3. The van der Waals surface area contributed by atoms with Gasteiger partial charge in [0.1, 0.15) is 0 Å². The minimum Gasteiger partial charge on any atom is -0.392 e. The molecule has 0 aliphatic carbocycles. The van der Waals surface area contributed by atoms with E-state index in [-0.39, 0.29) is 0 Å². The second-order valence-electron chi connectivity index (χ2n) is 5.28. The summed E-state index contributed by atoms with van der Waals surface area (Å²) in [5.41, 5.74) is 3.19. The van der Waals surface area contributed by atoms with E-state index in [0.29, 0.717) is 12.8 Å². The monoisotopic (exact) mass is 344 g/mol. The highest BCUT2D eigenvalue weighted by atomic mass is 79.9. The van der Waals surface area contributed by atoms with E-state index in [0.717, 1.165) is 26.6 Å². The minimum atomic E-state index is -0.426. The summed E-state index contributed by atoms with van der Waals surface area (Å²) in [6, 6.07) is 16.2. The van der Waals surface area contributed by atoms with E-state index in [9.17, 15) is 5.11 Å². The number of hydrogen-bond donors (Lipinski definition) is 1. The third-order valence-electron chi connectivity index (χ3n) is 3.65. The van der Waals surface area contributed by atoms with Crippen LogP contribution >= 0.6 is 15.9 Å². The number of nitrogens with zero attached hydrogens (tertiary/aromatic N) is 2. The SMILES string of the molecule is Cn1nc(CC(O)Cc2ccc(Br)cc2)c2ccccc21. The van der Waals surface area contributed by atoms with Crippen LogP contribution < -0.4 is 0 Å². The Kier molecular flexibility index (Phi) is 4.08. The molecule has 1 N–H and O–H groups in total.